The van der Waals surface area contributed by atoms with E-state index < -0.39 is 0 Å². The zero-order valence-electron chi connectivity index (χ0n) is 14.6. The summed E-state index contributed by atoms with van der Waals surface area (Å²) in [6, 6.07) is 8.02. The van der Waals surface area contributed by atoms with Crippen molar-refractivity contribution in [1.82, 2.24) is 19.8 Å². The molecule has 1 fully saturated rings. The van der Waals surface area contributed by atoms with E-state index in [-0.39, 0.29) is 5.91 Å². The van der Waals surface area contributed by atoms with Crippen molar-refractivity contribution in [1.29, 1.82) is 0 Å². The molecule has 1 aromatic carbocycles. The van der Waals surface area contributed by atoms with Gasteiger partial charge in [-0.15, -0.1) is 0 Å². The summed E-state index contributed by atoms with van der Waals surface area (Å²) in [5.74, 6) is 1.00. The number of benzene rings is 1. The molecule has 1 aliphatic heterocycles. The van der Waals surface area contributed by atoms with Crippen molar-refractivity contribution in [2.75, 3.05) is 26.2 Å². The normalized spacial score (nSPS) is 16.5. The molecule has 130 valence electrons. The minimum absolute atomic E-state index is 0.125. The molecule has 2 heterocycles. The minimum atomic E-state index is 0.125. The van der Waals surface area contributed by atoms with E-state index in [4.69, 9.17) is 0 Å². The van der Waals surface area contributed by atoms with Crippen molar-refractivity contribution < 1.29 is 4.79 Å². The number of hydrogen-bond acceptors (Lipinski definition) is 3. The molecule has 1 N–H and O–H groups in total. The molecular formula is C19H28N4O. The molecule has 5 heteroatoms. The number of para-hydroxylation sites is 2. The Hall–Kier alpha value is -1.88. The van der Waals surface area contributed by atoms with Crippen LogP contribution in [0.2, 0.25) is 0 Å². The van der Waals surface area contributed by atoms with E-state index >= 15 is 0 Å². The summed E-state index contributed by atoms with van der Waals surface area (Å²) in [6.07, 6.45) is 5.97. The number of amides is 1. The summed E-state index contributed by atoms with van der Waals surface area (Å²) in [4.78, 5) is 18.9. The van der Waals surface area contributed by atoms with Crippen LogP contribution in [0.4, 0.5) is 0 Å². The summed E-state index contributed by atoms with van der Waals surface area (Å²) in [5, 5.41) is 3.04. The summed E-state index contributed by atoms with van der Waals surface area (Å²) >= 11 is 0. The molecule has 0 atom stereocenters. The fourth-order valence-electron chi connectivity index (χ4n) is 3.32. The van der Waals surface area contributed by atoms with Crippen LogP contribution in [0, 0.1) is 5.92 Å². The molecular weight excluding hydrogens is 300 g/mol. The molecule has 0 bridgehead atoms. The van der Waals surface area contributed by atoms with E-state index in [1.807, 2.05) is 35.2 Å². The third-order valence-corrected chi connectivity index (χ3v) is 4.96. The van der Waals surface area contributed by atoms with Gasteiger partial charge in [0, 0.05) is 19.5 Å². The summed E-state index contributed by atoms with van der Waals surface area (Å²) in [7, 11) is 0. The second kappa shape index (κ2) is 8.29. The molecule has 0 spiro atoms. The SMILES string of the molecule is CC1CCN(CCCNC(=O)CCn2cnc3ccccc32)CC1. The van der Waals surface area contributed by atoms with Crippen LogP contribution in [0.1, 0.15) is 32.6 Å². The highest BCUT2D eigenvalue weighted by Gasteiger charge is 2.14. The van der Waals surface area contributed by atoms with Crippen molar-refractivity contribution in [2.45, 2.75) is 39.2 Å². The van der Waals surface area contributed by atoms with Gasteiger partial charge in [0.1, 0.15) is 0 Å². The van der Waals surface area contributed by atoms with Crippen LogP contribution in [-0.2, 0) is 11.3 Å². The molecule has 0 saturated carbocycles. The molecule has 1 saturated heterocycles. The first-order chi connectivity index (χ1) is 11.7. The topological polar surface area (TPSA) is 50.2 Å². The average molecular weight is 328 g/mol. The van der Waals surface area contributed by atoms with Gasteiger partial charge in [-0.2, -0.15) is 0 Å². The molecule has 3 rings (SSSR count). The highest BCUT2D eigenvalue weighted by molar-refractivity contribution is 5.77. The van der Waals surface area contributed by atoms with E-state index in [1.165, 1.54) is 25.9 Å². The number of fused-ring (bicyclic) bond motifs is 1. The Kier molecular flexibility index (Phi) is 5.86. The zero-order chi connectivity index (χ0) is 16.8. The number of hydrogen-bond donors (Lipinski definition) is 1. The summed E-state index contributed by atoms with van der Waals surface area (Å²) in [6.45, 7) is 7.30. The highest BCUT2D eigenvalue weighted by Crippen LogP contribution is 2.15. The molecule has 1 aromatic heterocycles. The van der Waals surface area contributed by atoms with Gasteiger partial charge in [-0.25, -0.2) is 4.98 Å². The predicted molar refractivity (Wildman–Crippen MR) is 96.8 cm³/mol. The third kappa shape index (κ3) is 4.57. The van der Waals surface area contributed by atoms with Crippen LogP contribution in [0.15, 0.2) is 30.6 Å². The summed E-state index contributed by atoms with van der Waals surface area (Å²) in [5.41, 5.74) is 2.07. The van der Waals surface area contributed by atoms with E-state index in [2.05, 4.69) is 22.1 Å². The third-order valence-electron chi connectivity index (χ3n) is 4.96. The fourth-order valence-corrected chi connectivity index (χ4v) is 3.32. The number of aromatic nitrogens is 2. The maximum absolute atomic E-state index is 12.0. The molecule has 0 aliphatic carbocycles. The first-order valence-electron chi connectivity index (χ1n) is 9.11. The lowest BCUT2D eigenvalue weighted by molar-refractivity contribution is -0.121. The van der Waals surface area contributed by atoms with Crippen LogP contribution in [0.3, 0.4) is 0 Å². The van der Waals surface area contributed by atoms with Crippen LogP contribution in [0.5, 0.6) is 0 Å². The molecule has 5 nitrogen and oxygen atoms in total. The van der Waals surface area contributed by atoms with Gasteiger partial charge in [0.15, 0.2) is 0 Å². The van der Waals surface area contributed by atoms with Crippen molar-refractivity contribution in [3.05, 3.63) is 30.6 Å². The van der Waals surface area contributed by atoms with Gasteiger partial charge in [0.05, 0.1) is 17.4 Å². The second-order valence-corrected chi connectivity index (χ2v) is 6.90. The van der Waals surface area contributed by atoms with Gasteiger partial charge in [0.25, 0.3) is 0 Å². The standard InChI is InChI=1S/C19H28N4O/c1-16-7-12-22(13-8-16)11-4-10-20-19(24)9-14-23-15-21-17-5-2-3-6-18(17)23/h2-3,5-6,15-16H,4,7-14H2,1H3,(H,20,24). The van der Waals surface area contributed by atoms with E-state index in [0.717, 1.165) is 36.5 Å². The Bertz CT molecular complexity index is 658. The first-order valence-corrected chi connectivity index (χ1v) is 9.11. The molecule has 1 amide bonds. The second-order valence-electron chi connectivity index (χ2n) is 6.90. The Labute approximate surface area is 144 Å². The lowest BCUT2D eigenvalue weighted by atomic mass is 9.99. The van der Waals surface area contributed by atoms with Crippen molar-refractivity contribution in [3.8, 4) is 0 Å². The van der Waals surface area contributed by atoms with Crippen LogP contribution < -0.4 is 5.32 Å². The van der Waals surface area contributed by atoms with Crippen molar-refractivity contribution >= 4 is 16.9 Å². The lowest BCUT2D eigenvalue weighted by Crippen LogP contribution is -2.35. The first kappa shape index (κ1) is 17.0. The quantitative estimate of drug-likeness (QED) is 0.795. The Morgan fingerprint density at radius 1 is 1.25 bits per heavy atom. The number of piperidine rings is 1. The van der Waals surface area contributed by atoms with Crippen molar-refractivity contribution in [3.63, 3.8) is 0 Å². The van der Waals surface area contributed by atoms with Crippen LogP contribution >= 0.6 is 0 Å². The van der Waals surface area contributed by atoms with E-state index in [0.29, 0.717) is 13.0 Å². The number of rotatable bonds is 7. The van der Waals surface area contributed by atoms with Crippen molar-refractivity contribution in [2.24, 2.45) is 5.92 Å². The maximum atomic E-state index is 12.0. The van der Waals surface area contributed by atoms with Gasteiger partial charge in [-0.1, -0.05) is 19.1 Å². The largest absolute Gasteiger partial charge is 0.356 e. The lowest BCUT2D eigenvalue weighted by Gasteiger charge is -2.30. The van der Waals surface area contributed by atoms with Gasteiger partial charge in [-0.05, 0) is 56.9 Å². The van der Waals surface area contributed by atoms with Gasteiger partial charge in [-0.3, -0.25) is 4.79 Å². The predicted octanol–water partition coefficient (Wildman–Crippen LogP) is 2.66. The Balaban J connectivity index is 1.33. The number of nitrogens with zero attached hydrogens (tertiary/aromatic N) is 3. The Morgan fingerprint density at radius 3 is 2.88 bits per heavy atom. The number of aryl methyl sites for hydroxylation is 1. The molecule has 0 unspecified atom stereocenters. The highest BCUT2D eigenvalue weighted by atomic mass is 16.1. The number of imidazole rings is 1. The molecule has 2 aromatic rings. The zero-order valence-corrected chi connectivity index (χ0v) is 14.6. The maximum Gasteiger partial charge on any atom is 0.221 e. The number of nitrogens with one attached hydrogen (secondary N) is 1. The van der Waals surface area contributed by atoms with E-state index in [9.17, 15) is 4.79 Å². The average Bonchev–Trinajstić information content (AvgIpc) is 3.02. The number of carbonyl (C=O) groups excluding carboxylic acids is 1. The minimum Gasteiger partial charge on any atom is -0.356 e. The van der Waals surface area contributed by atoms with Gasteiger partial charge < -0.3 is 14.8 Å². The van der Waals surface area contributed by atoms with Gasteiger partial charge >= 0.3 is 0 Å². The van der Waals surface area contributed by atoms with Crippen LogP contribution in [0.25, 0.3) is 11.0 Å². The number of carbonyl (C=O) groups is 1. The molecule has 24 heavy (non-hydrogen) atoms. The Morgan fingerprint density at radius 2 is 2.04 bits per heavy atom. The smallest absolute Gasteiger partial charge is 0.221 e. The molecule has 0 radical (unpaired) electrons. The van der Waals surface area contributed by atoms with Gasteiger partial charge in [0.2, 0.25) is 5.91 Å². The molecule has 1 aliphatic rings. The van der Waals surface area contributed by atoms with E-state index in [1.54, 1.807) is 0 Å². The summed E-state index contributed by atoms with van der Waals surface area (Å²) < 4.78 is 2.05. The monoisotopic (exact) mass is 328 g/mol. The fraction of sp³-hybridized carbons (Fsp3) is 0.579. The van der Waals surface area contributed by atoms with Crippen LogP contribution in [-0.4, -0.2) is 46.5 Å². The number of likely N-dealkylation sites (tertiary alicyclic amines) is 1.